The lowest BCUT2D eigenvalue weighted by atomic mass is 9.52. The minimum atomic E-state index is 0.862. The Morgan fingerprint density at radius 1 is 1.17 bits per heavy atom. The van der Waals surface area contributed by atoms with E-state index >= 15 is 0 Å². The molecule has 1 aromatic heterocycles. The molecule has 2 nitrogen and oxygen atoms in total. The van der Waals surface area contributed by atoms with E-state index in [9.17, 15) is 0 Å². The first-order valence-electron chi connectivity index (χ1n) is 7.42. The van der Waals surface area contributed by atoms with E-state index in [1.54, 1.807) is 11.3 Å². The quantitative estimate of drug-likeness (QED) is 0.903. The molecule has 0 unspecified atom stereocenters. The molecule has 1 aromatic rings. The molecule has 4 aliphatic carbocycles. The molecule has 4 saturated carbocycles. The van der Waals surface area contributed by atoms with Crippen LogP contribution in [0.5, 0.6) is 0 Å². The second kappa shape index (κ2) is 4.31. The summed E-state index contributed by atoms with van der Waals surface area (Å²) >= 11 is 1.96. The fourth-order valence-electron chi connectivity index (χ4n) is 5.10. The van der Waals surface area contributed by atoms with Crippen LogP contribution >= 0.6 is 11.3 Å². The lowest BCUT2D eigenvalue weighted by Crippen LogP contribution is -2.43. The Morgan fingerprint density at radius 2 is 1.83 bits per heavy atom. The van der Waals surface area contributed by atoms with E-state index in [1.807, 2.05) is 18.4 Å². The molecular formula is C15H22N2S. The first-order valence-corrected chi connectivity index (χ1v) is 8.24. The predicted octanol–water partition coefficient (Wildman–Crippen LogP) is 3.40. The van der Waals surface area contributed by atoms with Crippen molar-refractivity contribution in [3.8, 4) is 0 Å². The molecule has 5 rings (SSSR count). The summed E-state index contributed by atoms with van der Waals surface area (Å²) in [5.41, 5.74) is 0. The molecular weight excluding hydrogens is 240 g/mol. The van der Waals surface area contributed by atoms with Gasteiger partial charge >= 0.3 is 0 Å². The molecule has 1 heterocycles. The average Bonchev–Trinajstić information content (AvgIpc) is 2.76. The smallest absolute Gasteiger partial charge is 0.107 e. The van der Waals surface area contributed by atoms with Crippen LogP contribution < -0.4 is 5.32 Å². The molecule has 0 saturated heterocycles. The Labute approximate surface area is 113 Å². The Hall–Kier alpha value is -0.410. The van der Waals surface area contributed by atoms with Gasteiger partial charge in [0.25, 0.3) is 0 Å². The van der Waals surface area contributed by atoms with Gasteiger partial charge in [0.2, 0.25) is 0 Å². The van der Waals surface area contributed by atoms with Crippen molar-refractivity contribution in [3.05, 3.63) is 16.1 Å². The van der Waals surface area contributed by atoms with Gasteiger partial charge in [-0.1, -0.05) is 0 Å². The van der Waals surface area contributed by atoms with E-state index < -0.39 is 0 Å². The molecule has 4 fully saturated rings. The number of rotatable bonds is 3. The summed E-state index contributed by atoms with van der Waals surface area (Å²) < 4.78 is 0. The third-order valence-corrected chi connectivity index (χ3v) is 6.55. The highest BCUT2D eigenvalue weighted by Gasteiger charge is 2.49. The molecule has 18 heavy (non-hydrogen) atoms. The molecule has 98 valence electrons. The summed E-state index contributed by atoms with van der Waals surface area (Å²) in [4.78, 5) is 6.19. The molecule has 0 radical (unpaired) electrons. The van der Waals surface area contributed by atoms with Crippen LogP contribution in [-0.2, 0) is 6.54 Å². The summed E-state index contributed by atoms with van der Waals surface area (Å²) in [5, 5.41) is 4.48. The molecule has 3 heteroatoms. The summed E-state index contributed by atoms with van der Waals surface area (Å²) in [6, 6.07) is 0. The zero-order chi connectivity index (χ0) is 12.1. The molecule has 0 aliphatic heterocycles. The van der Waals surface area contributed by atoms with Crippen LogP contribution in [0.4, 0.5) is 0 Å². The highest BCUT2D eigenvalue weighted by molar-refractivity contribution is 7.11. The van der Waals surface area contributed by atoms with Crippen molar-refractivity contribution >= 4 is 11.3 Å². The van der Waals surface area contributed by atoms with Crippen LogP contribution in [0.3, 0.4) is 0 Å². The number of hydrogen-bond acceptors (Lipinski definition) is 3. The van der Waals surface area contributed by atoms with Gasteiger partial charge < -0.3 is 5.32 Å². The Morgan fingerprint density at radius 3 is 2.44 bits per heavy atom. The molecule has 0 atom stereocenters. The van der Waals surface area contributed by atoms with Crippen molar-refractivity contribution in [2.75, 3.05) is 7.05 Å². The fourth-order valence-corrected chi connectivity index (χ4v) is 6.32. The van der Waals surface area contributed by atoms with Crippen molar-refractivity contribution in [1.82, 2.24) is 10.3 Å². The third kappa shape index (κ3) is 1.75. The maximum Gasteiger partial charge on any atom is 0.107 e. The average molecular weight is 262 g/mol. The van der Waals surface area contributed by atoms with Crippen molar-refractivity contribution < 1.29 is 0 Å². The lowest BCUT2D eigenvalue weighted by molar-refractivity contribution is -0.00167. The van der Waals surface area contributed by atoms with Gasteiger partial charge in [-0.05, 0) is 62.8 Å². The highest BCUT2D eigenvalue weighted by Crippen LogP contribution is 2.60. The number of nitrogens with one attached hydrogen (secondary N) is 1. The summed E-state index contributed by atoms with van der Waals surface area (Å²) in [6.07, 6.45) is 9.78. The number of nitrogens with zero attached hydrogens (tertiary/aromatic N) is 1. The van der Waals surface area contributed by atoms with Crippen molar-refractivity contribution in [2.45, 2.75) is 44.6 Å². The number of thiazole rings is 1. The van der Waals surface area contributed by atoms with Crippen molar-refractivity contribution in [1.29, 1.82) is 0 Å². The standard InChI is InChI=1S/C15H22N2S/c1-16-8-14-17-7-13(18-14)15-11-3-9-2-10(5-11)6-12(15)4-9/h7,9-12,15-16H,2-6,8H2,1H3. The predicted molar refractivity (Wildman–Crippen MR) is 74.7 cm³/mol. The van der Waals surface area contributed by atoms with Crippen LogP contribution in [0.15, 0.2) is 6.20 Å². The SMILES string of the molecule is CNCc1ncc(C2C3CC4CC(C3)CC2C4)s1. The van der Waals surface area contributed by atoms with Gasteiger partial charge in [-0.15, -0.1) is 11.3 Å². The van der Waals surface area contributed by atoms with Crippen LogP contribution in [0, 0.1) is 23.7 Å². The summed E-state index contributed by atoms with van der Waals surface area (Å²) in [6.45, 7) is 0.929. The zero-order valence-electron chi connectivity index (χ0n) is 11.1. The van der Waals surface area contributed by atoms with E-state index in [2.05, 4.69) is 16.5 Å². The van der Waals surface area contributed by atoms with E-state index in [0.29, 0.717) is 0 Å². The monoisotopic (exact) mass is 262 g/mol. The van der Waals surface area contributed by atoms with E-state index in [1.165, 1.54) is 30.7 Å². The van der Waals surface area contributed by atoms with Crippen LogP contribution in [-0.4, -0.2) is 12.0 Å². The Bertz CT molecular complexity index is 411. The lowest BCUT2D eigenvalue weighted by Gasteiger charge is -2.54. The van der Waals surface area contributed by atoms with Gasteiger partial charge in [-0.25, -0.2) is 4.98 Å². The van der Waals surface area contributed by atoms with E-state index in [0.717, 1.165) is 36.1 Å². The zero-order valence-corrected chi connectivity index (χ0v) is 11.9. The topological polar surface area (TPSA) is 24.9 Å². The largest absolute Gasteiger partial charge is 0.314 e. The van der Waals surface area contributed by atoms with Gasteiger partial charge in [-0.2, -0.15) is 0 Å². The molecule has 0 amide bonds. The normalized spacial score (nSPS) is 41.5. The second-order valence-corrected chi connectivity index (χ2v) is 7.79. The molecule has 1 N–H and O–H groups in total. The van der Waals surface area contributed by atoms with Gasteiger partial charge in [0.15, 0.2) is 0 Å². The van der Waals surface area contributed by atoms with E-state index in [4.69, 9.17) is 0 Å². The minimum absolute atomic E-state index is 0.862. The van der Waals surface area contributed by atoms with E-state index in [-0.39, 0.29) is 0 Å². The first kappa shape index (κ1) is 11.4. The molecule has 0 aromatic carbocycles. The summed E-state index contributed by atoms with van der Waals surface area (Å²) in [5.74, 6) is 5.00. The first-order chi connectivity index (χ1) is 8.83. The number of hydrogen-bond donors (Lipinski definition) is 1. The van der Waals surface area contributed by atoms with Crippen molar-refractivity contribution in [2.24, 2.45) is 23.7 Å². The highest BCUT2D eigenvalue weighted by atomic mass is 32.1. The van der Waals surface area contributed by atoms with Gasteiger partial charge in [0, 0.05) is 23.5 Å². The third-order valence-electron chi connectivity index (χ3n) is 5.45. The maximum atomic E-state index is 4.59. The van der Waals surface area contributed by atoms with Gasteiger partial charge in [0.1, 0.15) is 5.01 Å². The molecule has 4 aliphatic rings. The van der Waals surface area contributed by atoms with Crippen LogP contribution in [0.2, 0.25) is 0 Å². The summed E-state index contributed by atoms with van der Waals surface area (Å²) in [7, 11) is 2.00. The number of aromatic nitrogens is 1. The molecule has 4 bridgehead atoms. The van der Waals surface area contributed by atoms with Crippen LogP contribution in [0.25, 0.3) is 0 Å². The fraction of sp³-hybridized carbons (Fsp3) is 0.800. The van der Waals surface area contributed by atoms with Crippen molar-refractivity contribution in [3.63, 3.8) is 0 Å². The van der Waals surface area contributed by atoms with Gasteiger partial charge in [0.05, 0.1) is 0 Å². The maximum absolute atomic E-state index is 4.59. The van der Waals surface area contributed by atoms with Crippen LogP contribution in [0.1, 0.15) is 47.9 Å². The minimum Gasteiger partial charge on any atom is -0.314 e. The van der Waals surface area contributed by atoms with Gasteiger partial charge in [-0.3, -0.25) is 0 Å². The molecule has 0 spiro atoms. The Balaban J connectivity index is 1.60. The Kier molecular flexibility index (Phi) is 2.73. The second-order valence-electron chi connectivity index (χ2n) is 6.64.